The Morgan fingerprint density at radius 1 is 1.00 bits per heavy atom. The van der Waals surface area contributed by atoms with E-state index in [-0.39, 0.29) is 10.7 Å². The number of aromatic nitrogens is 1. The molecule has 0 saturated carbocycles. The number of anilines is 1. The van der Waals surface area contributed by atoms with Gasteiger partial charge in [-0.3, -0.25) is 19.8 Å². The summed E-state index contributed by atoms with van der Waals surface area (Å²) in [6, 6.07) is 15.0. The van der Waals surface area contributed by atoms with Crippen LogP contribution in [0.5, 0.6) is 0 Å². The largest absolute Gasteiger partial charge is 0.317 e. The van der Waals surface area contributed by atoms with Gasteiger partial charge in [-0.05, 0) is 86.1 Å². The quantitative estimate of drug-likeness (QED) is 0.352. The van der Waals surface area contributed by atoms with E-state index >= 15 is 0 Å². The second-order valence-corrected chi connectivity index (χ2v) is 8.21. The summed E-state index contributed by atoms with van der Waals surface area (Å²) in [5, 5.41) is 3.15. The summed E-state index contributed by atoms with van der Waals surface area (Å²) in [7, 11) is 0. The molecule has 1 fully saturated rings. The molecule has 2 aromatic carbocycles. The molecule has 2 amide bonds. The molecule has 0 radical (unpaired) electrons. The van der Waals surface area contributed by atoms with Gasteiger partial charge in [-0.1, -0.05) is 29.8 Å². The van der Waals surface area contributed by atoms with Crippen LogP contribution in [0.15, 0.2) is 60.3 Å². The van der Waals surface area contributed by atoms with Crippen molar-refractivity contribution in [3.8, 4) is 5.69 Å². The van der Waals surface area contributed by atoms with Crippen LogP contribution >= 0.6 is 23.8 Å². The number of aryl methyl sites for hydroxylation is 2. The molecule has 7 heteroatoms. The molecule has 1 saturated heterocycles. The lowest BCUT2D eigenvalue weighted by molar-refractivity contribution is -0.122. The monoisotopic (exact) mass is 449 g/mol. The van der Waals surface area contributed by atoms with E-state index in [9.17, 15) is 9.59 Å². The predicted molar refractivity (Wildman–Crippen MR) is 128 cm³/mol. The first-order valence-electron chi connectivity index (χ1n) is 9.69. The Kier molecular flexibility index (Phi) is 5.52. The van der Waals surface area contributed by atoms with Gasteiger partial charge in [0.15, 0.2) is 5.11 Å². The average molecular weight is 450 g/mol. The van der Waals surface area contributed by atoms with E-state index in [4.69, 9.17) is 23.8 Å². The lowest BCUT2D eigenvalue weighted by atomic mass is 10.1. The molecule has 1 aliphatic rings. The number of hydrogen-bond acceptors (Lipinski definition) is 3. The zero-order chi connectivity index (χ0) is 22.3. The minimum Gasteiger partial charge on any atom is -0.317 e. The lowest BCUT2D eigenvalue weighted by Crippen LogP contribution is -2.54. The summed E-state index contributed by atoms with van der Waals surface area (Å²) in [5.41, 5.74) is 5.35. The summed E-state index contributed by atoms with van der Waals surface area (Å²) in [4.78, 5) is 27.2. The van der Waals surface area contributed by atoms with Crippen molar-refractivity contribution < 1.29 is 9.59 Å². The van der Waals surface area contributed by atoms with E-state index in [0.717, 1.165) is 22.4 Å². The zero-order valence-electron chi connectivity index (χ0n) is 17.3. The topological polar surface area (TPSA) is 54.3 Å². The van der Waals surface area contributed by atoms with Crippen LogP contribution in [0.3, 0.4) is 0 Å². The maximum atomic E-state index is 13.3. The van der Waals surface area contributed by atoms with Crippen molar-refractivity contribution in [2.45, 2.75) is 20.8 Å². The summed E-state index contributed by atoms with van der Waals surface area (Å²) >= 11 is 11.5. The van der Waals surface area contributed by atoms with Crippen molar-refractivity contribution in [2.24, 2.45) is 0 Å². The second kappa shape index (κ2) is 8.13. The summed E-state index contributed by atoms with van der Waals surface area (Å²) in [5.74, 6) is -1.03. The number of nitrogens with one attached hydrogen (secondary N) is 1. The number of benzene rings is 2. The predicted octanol–water partition coefficient (Wildman–Crippen LogP) is 4.89. The molecule has 0 unspecified atom stereocenters. The average Bonchev–Trinajstić information content (AvgIpc) is 3.18. The van der Waals surface area contributed by atoms with Crippen LogP contribution in [0.2, 0.25) is 5.02 Å². The van der Waals surface area contributed by atoms with Crippen LogP contribution in [-0.2, 0) is 9.59 Å². The Balaban J connectivity index is 1.78. The van der Waals surface area contributed by atoms with Gasteiger partial charge in [-0.2, -0.15) is 0 Å². The Morgan fingerprint density at radius 3 is 2.52 bits per heavy atom. The molecular weight excluding hydrogens is 430 g/mol. The smallest absolute Gasteiger partial charge is 0.270 e. The zero-order valence-corrected chi connectivity index (χ0v) is 18.8. The maximum Gasteiger partial charge on any atom is 0.270 e. The first-order valence-corrected chi connectivity index (χ1v) is 10.5. The number of carbonyl (C=O) groups excluding carboxylic acids is 2. The lowest BCUT2D eigenvalue weighted by Gasteiger charge is -2.29. The Labute approximate surface area is 190 Å². The van der Waals surface area contributed by atoms with Crippen molar-refractivity contribution in [3.05, 3.63) is 87.7 Å². The van der Waals surface area contributed by atoms with Crippen LogP contribution in [0.4, 0.5) is 5.69 Å². The molecule has 2 heterocycles. The number of carbonyl (C=O) groups is 2. The van der Waals surface area contributed by atoms with Gasteiger partial charge in [-0.25, -0.2) is 0 Å². The molecule has 1 aliphatic heterocycles. The van der Waals surface area contributed by atoms with Crippen molar-refractivity contribution in [2.75, 3.05) is 4.90 Å². The van der Waals surface area contributed by atoms with Gasteiger partial charge in [0.05, 0.1) is 5.69 Å². The molecule has 0 spiro atoms. The second-order valence-electron chi connectivity index (χ2n) is 7.41. The van der Waals surface area contributed by atoms with Crippen LogP contribution in [0, 0.1) is 20.8 Å². The van der Waals surface area contributed by atoms with Gasteiger partial charge in [0.2, 0.25) is 0 Å². The van der Waals surface area contributed by atoms with Gasteiger partial charge in [-0.15, -0.1) is 0 Å². The van der Waals surface area contributed by atoms with Crippen molar-refractivity contribution in [3.63, 3.8) is 0 Å². The number of rotatable bonds is 3. The van der Waals surface area contributed by atoms with E-state index in [1.54, 1.807) is 24.3 Å². The van der Waals surface area contributed by atoms with E-state index < -0.39 is 11.8 Å². The van der Waals surface area contributed by atoms with Crippen LogP contribution in [-0.4, -0.2) is 21.5 Å². The Morgan fingerprint density at radius 2 is 1.77 bits per heavy atom. The molecule has 1 aromatic heterocycles. The van der Waals surface area contributed by atoms with Crippen molar-refractivity contribution in [1.29, 1.82) is 0 Å². The fraction of sp³-hybridized carbons (Fsp3) is 0.125. The highest BCUT2D eigenvalue weighted by atomic mass is 35.5. The maximum absolute atomic E-state index is 13.3. The van der Waals surface area contributed by atoms with Gasteiger partial charge < -0.3 is 4.57 Å². The molecule has 0 bridgehead atoms. The molecule has 0 aliphatic carbocycles. The third kappa shape index (κ3) is 3.80. The molecule has 31 heavy (non-hydrogen) atoms. The minimum atomic E-state index is -0.529. The van der Waals surface area contributed by atoms with Gasteiger partial charge in [0.25, 0.3) is 11.8 Å². The first kappa shape index (κ1) is 21.0. The van der Waals surface area contributed by atoms with E-state index in [1.165, 1.54) is 4.90 Å². The van der Waals surface area contributed by atoms with Crippen LogP contribution in [0.1, 0.15) is 22.4 Å². The van der Waals surface area contributed by atoms with Crippen LogP contribution in [0.25, 0.3) is 11.8 Å². The molecule has 4 rings (SSSR count). The highest BCUT2D eigenvalue weighted by Crippen LogP contribution is 2.27. The molecular formula is C24H20ClN3O2S. The van der Waals surface area contributed by atoms with E-state index in [2.05, 4.69) is 5.32 Å². The highest BCUT2D eigenvalue weighted by Gasteiger charge is 2.34. The Hall–Kier alpha value is -3.22. The van der Waals surface area contributed by atoms with Crippen LogP contribution < -0.4 is 10.2 Å². The van der Waals surface area contributed by atoms with E-state index in [0.29, 0.717) is 16.4 Å². The van der Waals surface area contributed by atoms with Gasteiger partial charge in [0.1, 0.15) is 5.57 Å². The molecule has 0 atom stereocenters. The van der Waals surface area contributed by atoms with Gasteiger partial charge >= 0.3 is 0 Å². The van der Waals surface area contributed by atoms with Crippen molar-refractivity contribution in [1.82, 2.24) is 9.88 Å². The van der Waals surface area contributed by atoms with Crippen molar-refractivity contribution >= 4 is 52.5 Å². The number of thiocarbonyl (C=S) groups is 1. The fourth-order valence-electron chi connectivity index (χ4n) is 3.49. The van der Waals surface area contributed by atoms with Gasteiger partial charge in [0, 0.05) is 22.6 Å². The first-order chi connectivity index (χ1) is 14.8. The molecule has 3 aromatic rings. The third-order valence-electron chi connectivity index (χ3n) is 5.42. The highest BCUT2D eigenvalue weighted by molar-refractivity contribution is 7.80. The normalized spacial score (nSPS) is 15.5. The Bertz CT molecular complexity index is 1280. The molecule has 1 N–H and O–H groups in total. The minimum absolute atomic E-state index is 0.00412. The standard InChI is InChI=1S/C24H20ClN3O2S/c1-14-6-4-8-21(16(14)3)27-11-5-7-17(27)12-19-22(29)26-24(31)28(23(19)30)18-10-9-15(2)20(25)13-18/h4-13H,1-3H3,(H,26,29,31)/b19-12+. The number of hydrogen-bond donors (Lipinski definition) is 1. The number of amides is 2. The summed E-state index contributed by atoms with van der Waals surface area (Å²) in [6.45, 7) is 5.96. The molecule has 156 valence electrons. The SMILES string of the molecule is Cc1ccc(N2C(=O)/C(=C/c3cccn3-c3cccc(C)c3C)C(=O)NC2=S)cc1Cl. The summed E-state index contributed by atoms with van der Waals surface area (Å²) < 4.78 is 1.95. The number of halogens is 1. The third-order valence-corrected chi connectivity index (χ3v) is 6.12. The number of nitrogens with zero attached hydrogens (tertiary/aromatic N) is 2. The fourth-order valence-corrected chi connectivity index (χ4v) is 3.94. The van der Waals surface area contributed by atoms with E-state index in [1.807, 2.05) is 61.9 Å². The summed E-state index contributed by atoms with van der Waals surface area (Å²) in [6.07, 6.45) is 3.49. The molecule has 5 nitrogen and oxygen atoms in total.